The first-order valence-corrected chi connectivity index (χ1v) is 22.4. The van der Waals surface area contributed by atoms with Crippen molar-refractivity contribution in [3.05, 3.63) is 91.0 Å². The Morgan fingerprint density at radius 1 is 0.853 bits per heavy atom. The standard InChI is InChI=1S/C17H19O2Si.C9H7.C2H4.2ClH.Zr/c1-20(2,3)19-12-18-17-10-6-9-15-14-8-5-4-7-13(14)11-16(15)17;1-2-5-9-7-3-6-8(9)4-1;1-2;;;/h4-11H,12H2,1-3H3;1-7H;1H,2H3;2*1H;/q2*-1;;;;+2/p-2. The zero-order chi connectivity index (χ0) is 24.6. The van der Waals surface area contributed by atoms with Crippen LogP contribution in [0.3, 0.4) is 0 Å². The first-order chi connectivity index (χ1) is 16.3. The van der Waals surface area contributed by atoms with Crippen LogP contribution in [0.5, 0.6) is 5.75 Å². The maximum absolute atomic E-state index is 5.84. The molecule has 0 atom stereocenters. The van der Waals surface area contributed by atoms with Crippen molar-refractivity contribution in [1.82, 2.24) is 0 Å². The van der Waals surface area contributed by atoms with Crippen molar-refractivity contribution in [1.29, 1.82) is 0 Å². The molecule has 6 heteroatoms. The zero-order valence-corrected chi connectivity index (χ0v) is 25.0. The Kier molecular flexibility index (Phi) is 10.3. The van der Waals surface area contributed by atoms with Crippen LogP contribution in [0.4, 0.5) is 0 Å². The third-order valence-corrected chi connectivity index (χ3v) is 9.73. The van der Waals surface area contributed by atoms with Crippen LogP contribution >= 0.6 is 17.0 Å². The molecule has 0 unspecified atom stereocenters. The molecule has 0 fully saturated rings. The Morgan fingerprint density at radius 2 is 1.50 bits per heavy atom. The van der Waals surface area contributed by atoms with Gasteiger partial charge in [0.2, 0.25) is 0 Å². The van der Waals surface area contributed by atoms with Gasteiger partial charge < -0.3 is 9.16 Å². The maximum atomic E-state index is 5.84. The van der Waals surface area contributed by atoms with Gasteiger partial charge in [-0.3, -0.25) is 0 Å². The summed E-state index contributed by atoms with van der Waals surface area (Å²) in [5.74, 6) is 0.900. The number of hydrogen-bond acceptors (Lipinski definition) is 2. The summed E-state index contributed by atoms with van der Waals surface area (Å²) >= 11 is -1.76. The fourth-order valence-corrected chi connectivity index (χ4v) is 3.83. The van der Waals surface area contributed by atoms with E-state index in [9.17, 15) is 0 Å². The summed E-state index contributed by atoms with van der Waals surface area (Å²) in [5, 5.41) is 7.60. The Morgan fingerprint density at radius 3 is 2.18 bits per heavy atom. The van der Waals surface area contributed by atoms with Crippen molar-refractivity contribution in [2.75, 3.05) is 6.79 Å². The van der Waals surface area contributed by atoms with Crippen molar-refractivity contribution < 1.29 is 28.0 Å². The average molecular weight is 589 g/mol. The van der Waals surface area contributed by atoms with Crippen LogP contribution in [-0.2, 0) is 23.3 Å². The van der Waals surface area contributed by atoms with E-state index in [0.717, 1.165) is 11.1 Å². The molecule has 0 amide bonds. The van der Waals surface area contributed by atoms with Crippen LogP contribution in [0.25, 0.3) is 32.3 Å². The smallest absolute Gasteiger partial charge is 0.188 e. The number of benzene rings is 3. The summed E-state index contributed by atoms with van der Waals surface area (Å²) in [5.41, 5.74) is 0. The van der Waals surface area contributed by atoms with Crippen molar-refractivity contribution >= 4 is 61.4 Å². The second kappa shape index (κ2) is 13.0. The molecule has 0 aliphatic heterocycles. The average Bonchev–Trinajstić information content (AvgIpc) is 3.44. The Labute approximate surface area is 218 Å². The van der Waals surface area contributed by atoms with Crippen LogP contribution in [0, 0.1) is 0 Å². The maximum Gasteiger partial charge on any atom is 0.188 e. The largest absolute Gasteiger partial charge is 0.504 e. The molecule has 0 aliphatic rings. The molecule has 178 valence electrons. The molecule has 34 heavy (non-hydrogen) atoms. The summed E-state index contributed by atoms with van der Waals surface area (Å²) in [6, 6.07) is 31.5. The molecule has 0 saturated heterocycles. The molecular formula is C28H30Cl2O2SiZr-2. The molecule has 0 radical (unpaired) electrons. The summed E-state index contributed by atoms with van der Waals surface area (Å²) in [7, 11) is 9.20. The topological polar surface area (TPSA) is 18.5 Å². The van der Waals surface area contributed by atoms with E-state index in [2.05, 4.69) is 98.5 Å². The second-order valence-corrected chi connectivity index (χ2v) is 22.0. The minimum absolute atomic E-state index is 0.330. The van der Waals surface area contributed by atoms with Crippen LogP contribution in [0.1, 0.15) is 6.92 Å². The fraction of sp³-hybridized carbons (Fsp3) is 0.179. The van der Waals surface area contributed by atoms with Crippen LogP contribution < -0.4 is 4.74 Å². The van der Waals surface area contributed by atoms with Gasteiger partial charge in [0.15, 0.2) is 15.1 Å². The molecule has 0 saturated carbocycles. The molecule has 0 aliphatic carbocycles. The molecule has 0 N–H and O–H groups in total. The van der Waals surface area contributed by atoms with Crippen molar-refractivity contribution in [2.24, 2.45) is 0 Å². The Bertz CT molecular complexity index is 1330. The quantitative estimate of drug-likeness (QED) is 0.118. The van der Waals surface area contributed by atoms with E-state index in [4.69, 9.17) is 26.2 Å². The molecule has 0 heterocycles. The van der Waals surface area contributed by atoms with Gasteiger partial charge in [-0.05, 0) is 19.6 Å². The second-order valence-electron chi connectivity index (χ2n) is 8.70. The van der Waals surface area contributed by atoms with Gasteiger partial charge in [0.05, 0.1) is 5.75 Å². The molecule has 5 rings (SSSR count). The summed E-state index contributed by atoms with van der Waals surface area (Å²) in [6.45, 7) is 8.71. The first-order valence-electron chi connectivity index (χ1n) is 11.2. The first kappa shape index (κ1) is 27.0. The monoisotopic (exact) mass is 586 g/mol. The van der Waals surface area contributed by atoms with E-state index in [-0.39, 0.29) is 0 Å². The van der Waals surface area contributed by atoms with Crippen LogP contribution in [0.15, 0.2) is 91.0 Å². The van der Waals surface area contributed by atoms with E-state index in [1.54, 1.807) is 0 Å². The van der Waals surface area contributed by atoms with Crippen LogP contribution in [0.2, 0.25) is 19.6 Å². The fourth-order valence-electron chi connectivity index (χ4n) is 3.42. The van der Waals surface area contributed by atoms with Gasteiger partial charge in [-0.25, -0.2) is 0 Å². The predicted molar refractivity (Wildman–Crippen MR) is 150 cm³/mol. The van der Waals surface area contributed by atoms with Gasteiger partial charge in [-0.2, -0.15) is 17.5 Å². The normalized spacial score (nSPS) is 10.9. The van der Waals surface area contributed by atoms with Crippen molar-refractivity contribution in [2.45, 2.75) is 26.6 Å². The molecule has 0 aromatic heterocycles. The summed E-state index contributed by atoms with van der Waals surface area (Å²) in [4.78, 5) is 0. The Balaban J connectivity index is 0.000000190. The van der Waals surface area contributed by atoms with E-state index in [1.165, 1.54) is 26.9 Å². The van der Waals surface area contributed by atoms with Gasteiger partial charge in [-0.1, -0.05) is 47.9 Å². The number of hydrogen-bond donors (Lipinski definition) is 0. The van der Waals surface area contributed by atoms with Gasteiger partial charge in [-0.15, -0.1) is 57.9 Å². The summed E-state index contributed by atoms with van der Waals surface area (Å²) < 4.78 is 13.5. The number of ether oxygens (including phenoxy) is 1. The van der Waals surface area contributed by atoms with Gasteiger partial charge >= 0.3 is 46.5 Å². The minimum atomic E-state index is -1.76. The molecule has 0 bridgehead atoms. The number of fused-ring (bicyclic) bond motifs is 4. The predicted octanol–water partition coefficient (Wildman–Crippen LogP) is 9.19. The molecule has 0 spiro atoms. The number of halogens is 2. The molecule has 5 aromatic carbocycles. The SMILES string of the molecule is C[CH]=[Zr]([Cl])[Cl].C[Si](C)(C)OCOc1cccc2c1[cH-]c1ccccc12.c1ccc2[cH-]ccc2c1. The van der Waals surface area contributed by atoms with Gasteiger partial charge in [0, 0.05) is 0 Å². The number of rotatable bonds is 4. The van der Waals surface area contributed by atoms with Crippen LogP contribution in [-0.4, -0.2) is 18.8 Å². The minimum Gasteiger partial charge on any atom is -0.504 e. The van der Waals surface area contributed by atoms with E-state index in [0.29, 0.717) is 6.79 Å². The third kappa shape index (κ3) is 8.00. The molecule has 2 nitrogen and oxygen atoms in total. The van der Waals surface area contributed by atoms with Crippen molar-refractivity contribution in [3.63, 3.8) is 0 Å². The van der Waals surface area contributed by atoms with Crippen molar-refractivity contribution in [3.8, 4) is 5.75 Å². The van der Waals surface area contributed by atoms with E-state index < -0.39 is 27.2 Å². The molecular weight excluding hydrogens is 559 g/mol. The van der Waals surface area contributed by atoms with E-state index in [1.807, 2.05) is 22.8 Å². The third-order valence-electron chi connectivity index (χ3n) is 5.09. The Hall–Kier alpha value is -1.55. The molecule has 5 aromatic rings. The van der Waals surface area contributed by atoms with E-state index >= 15 is 0 Å². The summed E-state index contributed by atoms with van der Waals surface area (Å²) in [6.07, 6.45) is 0. The van der Waals surface area contributed by atoms with Gasteiger partial charge in [0.25, 0.3) is 0 Å². The zero-order valence-electron chi connectivity index (χ0n) is 20.0. The van der Waals surface area contributed by atoms with Gasteiger partial charge in [0.1, 0.15) is 0 Å².